The first-order valence-corrected chi connectivity index (χ1v) is 9.26. The van der Waals surface area contributed by atoms with E-state index in [9.17, 15) is 4.79 Å². The molecule has 0 aromatic heterocycles. The average Bonchev–Trinajstić information content (AvgIpc) is 2.50. The minimum absolute atomic E-state index is 0.278. The fourth-order valence-corrected chi connectivity index (χ4v) is 4.79. The van der Waals surface area contributed by atoms with Crippen LogP contribution in [-0.2, 0) is 4.79 Å². The molecule has 0 aromatic carbocycles. The zero-order valence-electron chi connectivity index (χ0n) is 13.7. The molecule has 2 unspecified atom stereocenters. The van der Waals surface area contributed by atoms with Gasteiger partial charge in [0.05, 0.1) is 6.54 Å². The van der Waals surface area contributed by atoms with E-state index in [0.717, 1.165) is 18.4 Å². The van der Waals surface area contributed by atoms with Gasteiger partial charge < -0.3 is 5.32 Å². The molecule has 120 valence electrons. The third kappa shape index (κ3) is 4.00. The second kappa shape index (κ2) is 7.13. The number of amides is 1. The standard InChI is InChI=1S/C18H32N2O/c1-14-8-10-16(11-9-14)19-18(21)13-20-12-4-6-15-5-2-3-7-17(15)20/h14-17H,2-13H2,1H3,(H,19,21). The quantitative estimate of drug-likeness (QED) is 0.865. The maximum atomic E-state index is 12.4. The van der Waals surface area contributed by atoms with Crippen molar-refractivity contribution in [3.8, 4) is 0 Å². The number of carbonyl (C=O) groups is 1. The lowest BCUT2D eigenvalue weighted by atomic mass is 9.78. The van der Waals surface area contributed by atoms with Gasteiger partial charge in [-0.25, -0.2) is 0 Å². The van der Waals surface area contributed by atoms with Gasteiger partial charge in [-0.05, 0) is 69.7 Å². The van der Waals surface area contributed by atoms with Crippen LogP contribution in [-0.4, -0.2) is 36.0 Å². The zero-order chi connectivity index (χ0) is 14.7. The Morgan fingerprint density at radius 1 is 1.00 bits per heavy atom. The van der Waals surface area contributed by atoms with E-state index in [2.05, 4.69) is 17.1 Å². The summed E-state index contributed by atoms with van der Waals surface area (Å²) in [5.41, 5.74) is 0. The predicted molar refractivity (Wildman–Crippen MR) is 86.1 cm³/mol. The van der Waals surface area contributed by atoms with Crippen LogP contribution in [0.15, 0.2) is 0 Å². The molecule has 3 fully saturated rings. The Bertz CT molecular complexity index is 347. The van der Waals surface area contributed by atoms with Crippen LogP contribution in [0.25, 0.3) is 0 Å². The molecular weight excluding hydrogens is 260 g/mol. The number of piperidine rings is 1. The predicted octanol–water partition coefficient (Wildman–Crippen LogP) is 3.34. The number of rotatable bonds is 3. The maximum Gasteiger partial charge on any atom is 0.234 e. The molecule has 1 N–H and O–H groups in total. The van der Waals surface area contributed by atoms with E-state index in [1.165, 1.54) is 64.2 Å². The highest BCUT2D eigenvalue weighted by atomic mass is 16.2. The topological polar surface area (TPSA) is 32.3 Å². The van der Waals surface area contributed by atoms with Crippen molar-refractivity contribution in [2.45, 2.75) is 83.2 Å². The Balaban J connectivity index is 1.47. The third-order valence-corrected chi connectivity index (χ3v) is 6.09. The molecule has 0 spiro atoms. The van der Waals surface area contributed by atoms with Gasteiger partial charge in [0.2, 0.25) is 5.91 Å². The fraction of sp³-hybridized carbons (Fsp3) is 0.944. The molecule has 0 bridgehead atoms. The van der Waals surface area contributed by atoms with Crippen molar-refractivity contribution in [3.63, 3.8) is 0 Å². The van der Waals surface area contributed by atoms with E-state index >= 15 is 0 Å². The van der Waals surface area contributed by atoms with Crippen LogP contribution in [0.5, 0.6) is 0 Å². The number of hydrogen-bond acceptors (Lipinski definition) is 2. The molecule has 3 rings (SSSR count). The van der Waals surface area contributed by atoms with Crippen molar-refractivity contribution in [2.75, 3.05) is 13.1 Å². The highest BCUT2D eigenvalue weighted by Gasteiger charge is 2.34. The number of nitrogens with one attached hydrogen (secondary N) is 1. The first-order chi connectivity index (χ1) is 10.2. The van der Waals surface area contributed by atoms with E-state index < -0.39 is 0 Å². The third-order valence-electron chi connectivity index (χ3n) is 6.09. The van der Waals surface area contributed by atoms with E-state index in [0.29, 0.717) is 18.6 Å². The highest BCUT2D eigenvalue weighted by Crippen LogP contribution is 2.35. The van der Waals surface area contributed by atoms with Gasteiger partial charge in [0.15, 0.2) is 0 Å². The molecule has 2 aliphatic carbocycles. The number of fused-ring (bicyclic) bond motifs is 1. The molecule has 2 atom stereocenters. The van der Waals surface area contributed by atoms with Crippen LogP contribution in [0.1, 0.15) is 71.1 Å². The fourth-order valence-electron chi connectivity index (χ4n) is 4.79. The molecule has 1 heterocycles. The largest absolute Gasteiger partial charge is 0.352 e. The summed E-state index contributed by atoms with van der Waals surface area (Å²) in [5, 5.41) is 3.30. The van der Waals surface area contributed by atoms with Crippen molar-refractivity contribution in [1.29, 1.82) is 0 Å². The smallest absolute Gasteiger partial charge is 0.234 e. The van der Waals surface area contributed by atoms with E-state index in [-0.39, 0.29) is 5.91 Å². The Morgan fingerprint density at radius 2 is 1.71 bits per heavy atom. The molecule has 1 saturated heterocycles. The van der Waals surface area contributed by atoms with Gasteiger partial charge in [-0.1, -0.05) is 19.8 Å². The van der Waals surface area contributed by atoms with Gasteiger partial charge in [0.25, 0.3) is 0 Å². The van der Waals surface area contributed by atoms with Crippen molar-refractivity contribution in [3.05, 3.63) is 0 Å². The van der Waals surface area contributed by atoms with Crippen molar-refractivity contribution in [1.82, 2.24) is 10.2 Å². The number of carbonyl (C=O) groups excluding carboxylic acids is 1. The molecule has 1 amide bonds. The molecular formula is C18H32N2O. The number of hydrogen-bond donors (Lipinski definition) is 1. The SMILES string of the molecule is CC1CCC(NC(=O)CN2CCCC3CCCCC32)CC1. The first-order valence-electron chi connectivity index (χ1n) is 9.26. The van der Waals surface area contributed by atoms with E-state index in [1.807, 2.05) is 0 Å². The van der Waals surface area contributed by atoms with Gasteiger partial charge in [0.1, 0.15) is 0 Å². The van der Waals surface area contributed by atoms with Crippen LogP contribution in [0.2, 0.25) is 0 Å². The van der Waals surface area contributed by atoms with Crippen LogP contribution < -0.4 is 5.32 Å². The minimum Gasteiger partial charge on any atom is -0.352 e. The van der Waals surface area contributed by atoms with Gasteiger partial charge in [-0.2, -0.15) is 0 Å². The summed E-state index contributed by atoms with van der Waals surface area (Å²) in [6, 6.07) is 1.14. The van der Waals surface area contributed by atoms with Crippen LogP contribution in [0.4, 0.5) is 0 Å². The first kappa shape index (κ1) is 15.3. The van der Waals surface area contributed by atoms with Gasteiger partial charge >= 0.3 is 0 Å². The van der Waals surface area contributed by atoms with Crippen LogP contribution in [0, 0.1) is 11.8 Å². The molecule has 21 heavy (non-hydrogen) atoms. The highest BCUT2D eigenvalue weighted by molar-refractivity contribution is 5.78. The molecule has 3 aliphatic rings. The monoisotopic (exact) mass is 292 g/mol. The van der Waals surface area contributed by atoms with Gasteiger partial charge in [0, 0.05) is 12.1 Å². The van der Waals surface area contributed by atoms with Crippen LogP contribution >= 0.6 is 0 Å². The Hall–Kier alpha value is -0.570. The summed E-state index contributed by atoms with van der Waals surface area (Å²) in [7, 11) is 0. The van der Waals surface area contributed by atoms with Crippen molar-refractivity contribution < 1.29 is 4.79 Å². The molecule has 3 heteroatoms. The summed E-state index contributed by atoms with van der Waals surface area (Å²) < 4.78 is 0. The lowest BCUT2D eigenvalue weighted by Crippen LogP contribution is -2.51. The molecule has 0 aromatic rings. The number of likely N-dealkylation sites (tertiary alicyclic amines) is 1. The maximum absolute atomic E-state index is 12.4. The molecule has 0 radical (unpaired) electrons. The summed E-state index contributed by atoms with van der Waals surface area (Å²) in [4.78, 5) is 14.9. The Kier molecular flexibility index (Phi) is 5.20. The Morgan fingerprint density at radius 3 is 2.52 bits per heavy atom. The lowest BCUT2D eigenvalue weighted by Gasteiger charge is -2.44. The number of nitrogens with zero attached hydrogens (tertiary/aromatic N) is 1. The second-order valence-corrected chi connectivity index (χ2v) is 7.75. The van der Waals surface area contributed by atoms with E-state index in [4.69, 9.17) is 0 Å². The Labute approximate surface area is 129 Å². The minimum atomic E-state index is 0.278. The molecule has 1 aliphatic heterocycles. The molecule has 2 saturated carbocycles. The summed E-state index contributed by atoms with van der Waals surface area (Å²) in [6.45, 7) is 4.11. The second-order valence-electron chi connectivity index (χ2n) is 7.75. The summed E-state index contributed by atoms with van der Waals surface area (Å²) >= 11 is 0. The van der Waals surface area contributed by atoms with Gasteiger partial charge in [-0.15, -0.1) is 0 Å². The zero-order valence-corrected chi connectivity index (χ0v) is 13.7. The van der Waals surface area contributed by atoms with Crippen molar-refractivity contribution in [2.24, 2.45) is 11.8 Å². The van der Waals surface area contributed by atoms with E-state index in [1.54, 1.807) is 0 Å². The molecule has 3 nitrogen and oxygen atoms in total. The van der Waals surface area contributed by atoms with Crippen LogP contribution in [0.3, 0.4) is 0 Å². The lowest BCUT2D eigenvalue weighted by molar-refractivity contribution is -0.124. The van der Waals surface area contributed by atoms with Gasteiger partial charge in [-0.3, -0.25) is 9.69 Å². The summed E-state index contributed by atoms with van der Waals surface area (Å²) in [5.74, 6) is 2.00. The van der Waals surface area contributed by atoms with Crippen molar-refractivity contribution >= 4 is 5.91 Å². The summed E-state index contributed by atoms with van der Waals surface area (Å²) in [6.07, 6.45) is 13.1. The normalized spacial score (nSPS) is 37.8. The average molecular weight is 292 g/mol.